The fraction of sp³-hybridized carbons (Fsp3) is 0.273. The van der Waals surface area contributed by atoms with Gasteiger partial charge in [0, 0.05) is 4.90 Å². The van der Waals surface area contributed by atoms with Gasteiger partial charge in [0.05, 0.1) is 12.8 Å². The Bertz CT molecular complexity index is 363. The molecule has 0 saturated carbocycles. The quantitative estimate of drug-likeness (QED) is 0.498. The molecule has 1 rings (SSSR count). The number of ether oxygens (including phenoxy) is 1. The van der Waals surface area contributed by atoms with Crippen LogP contribution in [0.2, 0.25) is 0 Å². The number of nitrogens with zero attached hydrogens (tertiary/aromatic N) is 1. The van der Waals surface area contributed by atoms with E-state index in [-0.39, 0.29) is 0 Å². The van der Waals surface area contributed by atoms with E-state index in [0.29, 0.717) is 6.61 Å². The van der Waals surface area contributed by atoms with E-state index < -0.39 is 6.09 Å². The minimum atomic E-state index is -0.542. The van der Waals surface area contributed by atoms with Gasteiger partial charge in [0.15, 0.2) is 0 Å². The van der Waals surface area contributed by atoms with Gasteiger partial charge in [-0.25, -0.2) is 10.2 Å². The highest BCUT2D eigenvalue weighted by molar-refractivity contribution is 7.98. The topological polar surface area (TPSA) is 50.7 Å². The van der Waals surface area contributed by atoms with Crippen molar-refractivity contribution in [3.8, 4) is 0 Å². The third-order valence-corrected chi connectivity index (χ3v) is 2.50. The number of hydrazone groups is 1. The Balaban J connectivity index is 2.46. The number of benzene rings is 1. The third kappa shape index (κ3) is 4.35. The lowest BCUT2D eigenvalue weighted by molar-refractivity contribution is 0.152. The van der Waals surface area contributed by atoms with Gasteiger partial charge in [-0.3, -0.25) is 0 Å². The zero-order chi connectivity index (χ0) is 11.8. The van der Waals surface area contributed by atoms with Crippen LogP contribution in [0, 0.1) is 0 Å². The first-order valence-electron chi connectivity index (χ1n) is 4.86. The van der Waals surface area contributed by atoms with Crippen LogP contribution in [0.5, 0.6) is 0 Å². The molecule has 0 fully saturated rings. The van der Waals surface area contributed by atoms with Crippen molar-refractivity contribution in [3.63, 3.8) is 0 Å². The van der Waals surface area contributed by atoms with Crippen molar-refractivity contribution in [2.24, 2.45) is 5.10 Å². The zero-order valence-electron chi connectivity index (χ0n) is 9.27. The molecule has 0 heterocycles. The molecule has 1 amide bonds. The van der Waals surface area contributed by atoms with E-state index in [1.54, 1.807) is 24.9 Å². The maximum absolute atomic E-state index is 10.9. The molecule has 0 bridgehead atoms. The molecule has 0 unspecified atom stereocenters. The minimum Gasteiger partial charge on any atom is -0.449 e. The van der Waals surface area contributed by atoms with Gasteiger partial charge in [0.2, 0.25) is 0 Å². The number of carbonyl (C=O) groups is 1. The van der Waals surface area contributed by atoms with E-state index in [1.165, 1.54) is 4.90 Å². The first-order valence-corrected chi connectivity index (χ1v) is 6.08. The summed E-state index contributed by atoms with van der Waals surface area (Å²) in [6.07, 6.45) is 3.05. The normalized spacial score (nSPS) is 10.4. The number of carbonyl (C=O) groups excluding carboxylic acids is 1. The Morgan fingerprint density at radius 2 is 2.19 bits per heavy atom. The van der Waals surface area contributed by atoms with Crippen LogP contribution in [0.1, 0.15) is 12.5 Å². The van der Waals surface area contributed by atoms with Crippen LogP contribution < -0.4 is 5.43 Å². The Labute approximate surface area is 99.1 Å². The number of rotatable bonds is 4. The Hall–Kier alpha value is -1.49. The second-order valence-electron chi connectivity index (χ2n) is 2.86. The molecule has 0 spiro atoms. The van der Waals surface area contributed by atoms with Crippen molar-refractivity contribution in [1.82, 2.24) is 5.43 Å². The number of nitrogens with one attached hydrogen (secondary N) is 1. The van der Waals surface area contributed by atoms with E-state index in [1.807, 2.05) is 30.5 Å². The Morgan fingerprint density at radius 3 is 2.75 bits per heavy atom. The first kappa shape index (κ1) is 12.6. The van der Waals surface area contributed by atoms with Crippen molar-refractivity contribution in [3.05, 3.63) is 29.8 Å². The third-order valence-electron chi connectivity index (χ3n) is 1.76. The summed E-state index contributed by atoms with van der Waals surface area (Å²) in [5.41, 5.74) is 3.19. The number of hydrogen-bond acceptors (Lipinski definition) is 4. The van der Waals surface area contributed by atoms with Crippen molar-refractivity contribution in [2.45, 2.75) is 11.8 Å². The summed E-state index contributed by atoms with van der Waals surface area (Å²) in [5.74, 6) is 0. The van der Waals surface area contributed by atoms with Crippen LogP contribution in [-0.2, 0) is 4.74 Å². The maximum Gasteiger partial charge on any atom is 0.427 e. The van der Waals surface area contributed by atoms with Crippen molar-refractivity contribution >= 4 is 24.1 Å². The van der Waals surface area contributed by atoms with Crippen LogP contribution in [0.3, 0.4) is 0 Å². The van der Waals surface area contributed by atoms with Crippen molar-refractivity contribution in [2.75, 3.05) is 12.9 Å². The molecule has 0 aliphatic heterocycles. The number of thioether (sulfide) groups is 1. The summed E-state index contributed by atoms with van der Waals surface area (Å²) >= 11 is 1.68. The molecule has 86 valence electrons. The predicted octanol–water partition coefficient (Wildman–Crippen LogP) is 2.49. The summed E-state index contributed by atoms with van der Waals surface area (Å²) in [4.78, 5) is 12.1. The van der Waals surface area contributed by atoms with E-state index >= 15 is 0 Å². The summed E-state index contributed by atoms with van der Waals surface area (Å²) in [5, 5.41) is 3.76. The molecule has 1 aromatic carbocycles. The minimum absolute atomic E-state index is 0.337. The first-order chi connectivity index (χ1) is 7.76. The SMILES string of the molecule is CCOC(=O)N/N=C\c1ccc(SC)cc1. The largest absolute Gasteiger partial charge is 0.449 e. The second kappa shape index (κ2) is 6.90. The lowest BCUT2D eigenvalue weighted by Gasteiger charge is -1.99. The highest BCUT2D eigenvalue weighted by atomic mass is 32.2. The molecule has 0 saturated heterocycles. The predicted molar refractivity (Wildman–Crippen MR) is 66.0 cm³/mol. The number of amides is 1. The fourth-order valence-corrected chi connectivity index (χ4v) is 1.42. The summed E-state index contributed by atoms with van der Waals surface area (Å²) < 4.78 is 4.65. The highest BCUT2D eigenvalue weighted by Gasteiger charge is 1.95. The van der Waals surface area contributed by atoms with Gasteiger partial charge in [-0.15, -0.1) is 11.8 Å². The van der Waals surface area contributed by atoms with Gasteiger partial charge in [0.1, 0.15) is 0 Å². The van der Waals surface area contributed by atoms with Crippen molar-refractivity contribution in [1.29, 1.82) is 0 Å². The molecular weight excluding hydrogens is 224 g/mol. The lowest BCUT2D eigenvalue weighted by atomic mass is 10.2. The van der Waals surface area contributed by atoms with Crippen LogP contribution in [0.15, 0.2) is 34.3 Å². The van der Waals surface area contributed by atoms with Crippen LogP contribution >= 0.6 is 11.8 Å². The van der Waals surface area contributed by atoms with E-state index in [4.69, 9.17) is 0 Å². The lowest BCUT2D eigenvalue weighted by Crippen LogP contribution is -2.18. The summed E-state index contributed by atoms with van der Waals surface area (Å²) in [7, 11) is 0. The average Bonchev–Trinajstić information content (AvgIpc) is 2.30. The molecule has 1 N–H and O–H groups in total. The molecule has 5 heteroatoms. The average molecular weight is 238 g/mol. The molecular formula is C11H14N2O2S. The van der Waals surface area contributed by atoms with Crippen LogP contribution in [0.4, 0.5) is 4.79 Å². The van der Waals surface area contributed by atoms with Gasteiger partial charge in [-0.05, 0) is 30.9 Å². The van der Waals surface area contributed by atoms with Gasteiger partial charge in [-0.2, -0.15) is 5.10 Å². The standard InChI is InChI=1S/C11H14N2O2S/c1-3-15-11(14)13-12-8-9-4-6-10(16-2)7-5-9/h4-8H,3H2,1-2H3,(H,13,14)/b12-8-. The van der Waals surface area contributed by atoms with E-state index in [2.05, 4.69) is 15.3 Å². The maximum atomic E-state index is 10.9. The smallest absolute Gasteiger partial charge is 0.427 e. The van der Waals surface area contributed by atoms with Gasteiger partial charge >= 0.3 is 6.09 Å². The number of hydrogen-bond donors (Lipinski definition) is 1. The fourth-order valence-electron chi connectivity index (χ4n) is 1.01. The Morgan fingerprint density at radius 1 is 1.50 bits per heavy atom. The molecule has 0 aliphatic carbocycles. The molecule has 1 aromatic rings. The summed E-state index contributed by atoms with van der Waals surface area (Å²) in [6, 6.07) is 7.86. The van der Waals surface area contributed by atoms with E-state index in [0.717, 1.165) is 5.56 Å². The second-order valence-corrected chi connectivity index (χ2v) is 3.74. The molecule has 0 aliphatic rings. The van der Waals surface area contributed by atoms with E-state index in [9.17, 15) is 4.79 Å². The monoisotopic (exact) mass is 238 g/mol. The molecule has 0 aromatic heterocycles. The Kier molecular flexibility index (Phi) is 5.42. The van der Waals surface area contributed by atoms with Gasteiger partial charge in [-0.1, -0.05) is 12.1 Å². The van der Waals surface area contributed by atoms with Crippen molar-refractivity contribution < 1.29 is 9.53 Å². The van der Waals surface area contributed by atoms with Crippen LogP contribution in [-0.4, -0.2) is 25.2 Å². The van der Waals surface area contributed by atoms with Crippen LogP contribution in [0.25, 0.3) is 0 Å². The van der Waals surface area contributed by atoms with Gasteiger partial charge in [0.25, 0.3) is 0 Å². The molecule has 4 nitrogen and oxygen atoms in total. The van der Waals surface area contributed by atoms with Gasteiger partial charge < -0.3 is 4.74 Å². The molecule has 0 radical (unpaired) electrons. The summed E-state index contributed by atoms with van der Waals surface area (Å²) in [6.45, 7) is 2.08. The highest BCUT2D eigenvalue weighted by Crippen LogP contribution is 2.13. The molecule has 0 atom stereocenters. The molecule has 16 heavy (non-hydrogen) atoms. The zero-order valence-corrected chi connectivity index (χ0v) is 10.1.